The van der Waals surface area contributed by atoms with E-state index in [0.717, 1.165) is 0 Å². The maximum absolute atomic E-state index is 11.0. The Morgan fingerprint density at radius 1 is 1.50 bits per heavy atom. The van der Waals surface area contributed by atoms with Gasteiger partial charge in [0.1, 0.15) is 5.69 Å². The SMILES string of the molecule is CC.Cc1cc(Br)c(=O)[nH]c1C(N)=O. The van der Waals surface area contributed by atoms with Crippen LogP contribution in [0.2, 0.25) is 0 Å². The molecule has 0 aliphatic carbocycles. The van der Waals surface area contributed by atoms with Gasteiger partial charge in [0.2, 0.25) is 0 Å². The maximum atomic E-state index is 11.0. The van der Waals surface area contributed by atoms with Crippen LogP contribution < -0.4 is 11.3 Å². The molecular formula is C9H13BrN2O2. The first-order valence-corrected chi connectivity index (χ1v) is 5.01. The number of primary amides is 1. The van der Waals surface area contributed by atoms with E-state index >= 15 is 0 Å². The molecule has 0 aromatic carbocycles. The topological polar surface area (TPSA) is 75.9 Å². The molecule has 0 bridgehead atoms. The Morgan fingerprint density at radius 3 is 2.43 bits per heavy atom. The number of nitrogens with one attached hydrogen (secondary N) is 1. The Hall–Kier alpha value is -1.10. The molecule has 1 amide bonds. The van der Waals surface area contributed by atoms with Gasteiger partial charge in [0.25, 0.3) is 11.5 Å². The van der Waals surface area contributed by atoms with E-state index in [2.05, 4.69) is 20.9 Å². The van der Waals surface area contributed by atoms with Gasteiger partial charge in [-0.25, -0.2) is 0 Å². The van der Waals surface area contributed by atoms with Crippen LogP contribution in [0.4, 0.5) is 0 Å². The van der Waals surface area contributed by atoms with Gasteiger partial charge in [0.15, 0.2) is 0 Å². The van der Waals surface area contributed by atoms with Gasteiger partial charge in [0, 0.05) is 0 Å². The van der Waals surface area contributed by atoms with E-state index in [1.807, 2.05) is 13.8 Å². The molecule has 0 saturated carbocycles. The summed E-state index contributed by atoms with van der Waals surface area (Å²) in [6.07, 6.45) is 0. The predicted molar refractivity (Wildman–Crippen MR) is 59.4 cm³/mol. The number of aromatic amines is 1. The molecule has 78 valence electrons. The van der Waals surface area contributed by atoms with Crippen molar-refractivity contribution in [2.75, 3.05) is 0 Å². The summed E-state index contributed by atoms with van der Waals surface area (Å²) in [5.74, 6) is -0.628. The van der Waals surface area contributed by atoms with Gasteiger partial charge >= 0.3 is 0 Å². The summed E-state index contributed by atoms with van der Waals surface area (Å²) in [7, 11) is 0. The van der Waals surface area contributed by atoms with Crippen LogP contribution in [0.3, 0.4) is 0 Å². The molecule has 0 aliphatic rings. The Bertz CT molecular complexity index is 385. The molecule has 0 saturated heterocycles. The summed E-state index contributed by atoms with van der Waals surface area (Å²) in [4.78, 5) is 24.1. The largest absolute Gasteiger partial charge is 0.364 e. The van der Waals surface area contributed by atoms with Crippen LogP contribution in [0.25, 0.3) is 0 Å². The van der Waals surface area contributed by atoms with Crippen LogP contribution >= 0.6 is 15.9 Å². The first-order chi connectivity index (χ1) is 6.52. The third-order valence-corrected chi connectivity index (χ3v) is 2.03. The average Bonchev–Trinajstić information content (AvgIpc) is 2.14. The molecule has 0 fully saturated rings. The van der Waals surface area contributed by atoms with Crippen LogP contribution in [-0.4, -0.2) is 10.9 Å². The van der Waals surface area contributed by atoms with Crippen molar-refractivity contribution in [3.05, 3.63) is 32.2 Å². The van der Waals surface area contributed by atoms with Crippen molar-refractivity contribution in [3.8, 4) is 0 Å². The van der Waals surface area contributed by atoms with Crippen molar-refractivity contribution in [2.45, 2.75) is 20.8 Å². The molecule has 0 radical (unpaired) electrons. The molecule has 0 aliphatic heterocycles. The lowest BCUT2D eigenvalue weighted by molar-refractivity contribution is 0.0994. The van der Waals surface area contributed by atoms with E-state index in [-0.39, 0.29) is 11.3 Å². The first-order valence-electron chi connectivity index (χ1n) is 4.21. The Labute approximate surface area is 90.6 Å². The van der Waals surface area contributed by atoms with Crippen molar-refractivity contribution >= 4 is 21.8 Å². The van der Waals surface area contributed by atoms with Crippen molar-refractivity contribution < 1.29 is 4.79 Å². The Morgan fingerprint density at radius 2 is 2.00 bits per heavy atom. The van der Waals surface area contributed by atoms with Crippen LogP contribution in [0.5, 0.6) is 0 Å². The number of halogens is 1. The summed E-state index contributed by atoms with van der Waals surface area (Å²) in [6.45, 7) is 5.70. The molecule has 1 aromatic rings. The quantitative estimate of drug-likeness (QED) is 0.805. The maximum Gasteiger partial charge on any atom is 0.265 e. The molecule has 0 spiro atoms. The second-order valence-corrected chi connectivity index (χ2v) is 3.22. The highest BCUT2D eigenvalue weighted by atomic mass is 79.9. The van der Waals surface area contributed by atoms with Crippen LogP contribution in [0.1, 0.15) is 29.9 Å². The van der Waals surface area contributed by atoms with Crippen molar-refractivity contribution in [3.63, 3.8) is 0 Å². The van der Waals surface area contributed by atoms with E-state index in [9.17, 15) is 9.59 Å². The minimum atomic E-state index is -0.628. The number of nitrogens with two attached hydrogens (primary N) is 1. The fourth-order valence-electron chi connectivity index (χ4n) is 0.856. The first kappa shape index (κ1) is 12.9. The third kappa shape index (κ3) is 2.99. The smallest absolute Gasteiger partial charge is 0.265 e. The molecule has 5 heteroatoms. The zero-order valence-electron chi connectivity index (χ0n) is 8.35. The van der Waals surface area contributed by atoms with Crippen molar-refractivity contribution in [2.24, 2.45) is 5.73 Å². The lowest BCUT2D eigenvalue weighted by atomic mass is 10.2. The van der Waals surface area contributed by atoms with Crippen LogP contribution in [-0.2, 0) is 0 Å². The standard InChI is InChI=1S/C7H7BrN2O2.C2H6/c1-3-2-4(8)7(12)10-5(3)6(9)11;1-2/h2H,1H3,(H2,9,11)(H,10,12);1-2H3. The average molecular weight is 261 g/mol. The summed E-state index contributed by atoms with van der Waals surface area (Å²) >= 11 is 3.03. The van der Waals surface area contributed by atoms with Gasteiger partial charge in [-0.1, -0.05) is 13.8 Å². The van der Waals surface area contributed by atoms with Gasteiger partial charge in [-0.05, 0) is 34.5 Å². The fraction of sp³-hybridized carbons (Fsp3) is 0.333. The number of pyridine rings is 1. The van der Waals surface area contributed by atoms with E-state index in [4.69, 9.17) is 5.73 Å². The summed E-state index contributed by atoms with van der Waals surface area (Å²) < 4.78 is 0.394. The van der Waals surface area contributed by atoms with Crippen LogP contribution in [0, 0.1) is 6.92 Å². The molecule has 1 rings (SSSR count). The fourth-order valence-corrected chi connectivity index (χ4v) is 1.30. The van der Waals surface area contributed by atoms with E-state index < -0.39 is 5.91 Å². The van der Waals surface area contributed by atoms with Gasteiger partial charge in [-0.15, -0.1) is 0 Å². The van der Waals surface area contributed by atoms with E-state index in [1.54, 1.807) is 13.0 Å². The van der Waals surface area contributed by atoms with Crippen LogP contribution in [0.15, 0.2) is 15.3 Å². The monoisotopic (exact) mass is 260 g/mol. The lowest BCUT2D eigenvalue weighted by Gasteiger charge is -2.00. The second-order valence-electron chi connectivity index (χ2n) is 2.37. The molecule has 1 aromatic heterocycles. The molecular weight excluding hydrogens is 248 g/mol. The molecule has 1 heterocycles. The van der Waals surface area contributed by atoms with E-state index in [1.165, 1.54) is 0 Å². The van der Waals surface area contributed by atoms with Crippen molar-refractivity contribution in [1.82, 2.24) is 4.98 Å². The molecule has 0 unspecified atom stereocenters. The summed E-state index contributed by atoms with van der Waals surface area (Å²) in [6, 6.07) is 1.55. The molecule has 4 nitrogen and oxygen atoms in total. The Balaban J connectivity index is 0.000000791. The van der Waals surface area contributed by atoms with Gasteiger partial charge in [0.05, 0.1) is 4.47 Å². The highest BCUT2D eigenvalue weighted by Gasteiger charge is 2.07. The number of aryl methyl sites for hydroxylation is 1. The minimum absolute atomic E-state index is 0.156. The van der Waals surface area contributed by atoms with Crippen molar-refractivity contribution in [1.29, 1.82) is 0 Å². The summed E-state index contributed by atoms with van der Waals surface area (Å²) in [5.41, 5.74) is 5.46. The number of hydrogen-bond donors (Lipinski definition) is 2. The van der Waals surface area contributed by atoms with Gasteiger partial charge < -0.3 is 10.7 Å². The van der Waals surface area contributed by atoms with E-state index in [0.29, 0.717) is 10.0 Å². The number of carbonyl (C=O) groups is 1. The molecule has 0 atom stereocenters. The zero-order chi connectivity index (χ0) is 11.3. The zero-order valence-corrected chi connectivity index (χ0v) is 9.94. The number of aromatic nitrogens is 1. The normalized spacial score (nSPS) is 8.86. The van der Waals surface area contributed by atoms with Gasteiger partial charge in [-0.2, -0.15) is 0 Å². The molecule has 3 N–H and O–H groups in total. The number of carbonyl (C=O) groups excluding carboxylic acids is 1. The lowest BCUT2D eigenvalue weighted by Crippen LogP contribution is -2.20. The Kier molecular flexibility index (Phi) is 5.15. The predicted octanol–water partition coefficient (Wildman–Crippen LogP) is 1.57. The second kappa shape index (κ2) is 5.59. The minimum Gasteiger partial charge on any atom is -0.364 e. The third-order valence-electron chi connectivity index (χ3n) is 1.44. The number of H-pyrrole nitrogens is 1. The number of amides is 1. The highest BCUT2D eigenvalue weighted by molar-refractivity contribution is 9.10. The molecule has 14 heavy (non-hydrogen) atoms. The number of hydrogen-bond acceptors (Lipinski definition) is 2. The number of rotatable bonds is 1. The summed E-state index contributed by atoms with van der Waals surface area (Å²) in [5, 5.41) is 0. The highest BCUT2D eigenvalue weighted by Crippen LogP contribution is 2.07. The van der Waals surface area contributed by atoms with Gasteiger partial charge in [-0.3, -0.25) is 9.59 Å².